The third-order valence-electron chi connectivity index (χ3n) is 1.69. The lowest BCUT2D eigenvalue weighted by atomic mass is 10.3. The molecular weight excluding hydrogens is 282 g/mol. The van der Waals surface area contributed by atoms with Gasteiger partial charge in [0, 0.05) is 18.5 Å². The fourth-order valence-electron chi connectivity index (χ4n) is 1.01. The summed E-state index contributed by atoms with van der Waals surface area (Å²) in [5.74, 6) is -1.59. The van der Waals surface area contributed by atoms with Crippen LogP contribution in [0.25, 0.3) is 0 Å². The lowest BCUT2D eigenvalue weighted by Gasteiger charge is -2.04. The molecular formula is C10H5BrF2N2O. The molecule has 2 rings (SSSR count). The van der Waals surface area contributed by atoms with Crippen LogP contribution in [-0.4, -0.2) is 9.97 Å². The summed E-state index contributed by atoms with van der Waals surface area (Å²) in [6.07, 6.45) is 2.92. The maximum Gasteiger partial charge on any atom is 0.322 e. The molecule has 0 bridgehead atoms. The Kier molecular flexibility index (Phi) is 3.09. The van der Waals surface area contributed by atoms with Crippen molar-refractivity contribution < 1.29 is 13.5 Å². The van der Waals surface area contributed by atoms with Gasteiger partial charge in [-0.25, -0.2) is 18.7 Å². The summed E-state index contributed by atoms with van der Waals surface area (Å²) < 4.78 is 31.5. The zero-order valence-corrected chi connectivity index (χ0v) is 9.41. The number of aromatic nitrogens is 2. The van der Waals surface area contributed by atoms with E-state index in [2.05, 4.69) is 25.9 Å². The molecule has 0 saturated carbocycles. The van der Waals surface area contributed by atoms with Crippen LogP contribution in [0.2, 0.25) is 0 Å². The maximum atomic E-state index is 13.2. The second-order valence-corrected chi connectivity index (χ2v) is 3.78. The Bertz CT molecular complexity index is 505. The predicted octanol–water partition coefficient (Wildman–Crippen LogP) is 3.31. The molecule has 1 heterocycles. The van der Waals surface area contributed by atoms with E-state index in [0.29, 0.717) is 4.47 Å². The summed E-state index contributed by atoms with van der Waals surface area (Å²) in [6, 6.07) is 3.00. The minimum absolute atomic E-state index is 0.00583. The van der Waals surface area contributed by atoms with E-state index in [1.807, 2.05) is 0 Å². The number of ether oxygens (including phenoxy) is 1. The molecule has 2 aromatic rings. The van der Waals surface area contributed by atoms with Crippen molar-refractivity contribution in [2.24, 2.45) is 0 Å². The highest BCUT2D eigenvalue weighted by atomic mass is 79.9. The van der Waals surface area contributed by atoms with Crippen molar-refractivity contribution >= 4 is 15.9 Å². The van der Waals surface area contributed by atoms with Crippen molar-refractivity contribution in [2.45, 2.75) is 0 Å². The van der Waals surface area contributed by atoms with Crippen LogP contribution in [0, 0.1) is 11.6 Å². The van der Waals surface area contributed by atoms with E-state index < -0.39 is 11.6 Å². The van der Waals surface area contributed by atoms with Gasteiger partial charge in [0.1, 0.15) is 5.82 Å². The number of rotatable bonds is 2. The highest BCUT2D eigenvalue weighted by Gasteiger charge is 2.07. The first kappa shape index (κ1) is 10.9. The van der Waals surface area contributed by atoms with Crippen molar-refractivity contribution in [1.29, 1.82) is 0 Å². The number of halogens is 3. The predicted molar refractivity (Wildman–Crippen MR) is 56.2 cm³/mol. The fraction of sp³-hybridized carbons (Fsp3) is 0. The largest absolute Gasteiger partial charge is 0.421 e. The average molecular weight is 287 g/mol. The molecule has 0 aliphatic carbocycles. The van der Waals surface area contributed by atoms with Crippen molar-refractivity contribution in [3.63, 3.8) is 0 Å². The van der Waals surface area contributed by atoms with E-state index in [4.69, 9.17) is 4.74 Å². The Morgan fingerprint density at radius 3 is 2.44 bits per heavy atom. The van der Waals surface area contributed by atoms with Crippen molar-refractivity contribution in [1.82, 2.24) is 9.97 Å². The Morgan fingerprint density at radius 2 is 1.81 bits per heavy atom. The van der Waals surface area contributed by atoms with Gasteiger partial charge in [-0.3, -0.25) is 0 Å². The van der Waals surface area contributed by atoms with Gasteiger partial charge >= 0.3 is 6.01 Å². The molecule has 0 atom stereocenters. The lowest BCUT2D eigenvalue weighted by molar-refractivity contribution is 0.407. The first-order chi connectivity index (χ1) is 7.65. The molecule has 0 amide bonds. The molecule has 0 spiro atoms. The van der Waals surface area contributed by atoms with Gasteiger partial charge in [0.25, 0.3) is 0 Å². The summed E-state index contributed by atoms with van der Waals surface area (Å²) in [6.45, 7) is 0. The molecule has 0 radical (unpaired) electrons. The molecule has 1 aromatic carbocycles. The lowest BCUT2D eigenvalue weighted by Crippen LogP contribution is -1.93. The van der Waals surface area contributed by atoms with Crippen LogP contribution in [0.5, 0.6) is 11.8 Å². The normalized spacial score (nSPS) is 10.2. The zero-order chi connectivity index (χ0) is 11.5. The van der Waals surface area contributed by atoms with E-state index >= 15 is 0 Å². The summed E-state index contributed by atoms with van der Waals surface area (Å²) in [5.41, 5.74) is 0. The highest BCUT2D eigenvalue weighted by Crippen LogP contribution is 2.22. The first-order valence-corrected chi connectivity index (χ1v) is 5.05. The second-order valence-electron chi connectivity index (χ2n) is 2.86. The number of hydrogen-bond donors (Lipinski definition) is 0. The zero-order valence-electron chi connectivity index (χ0n) is 7.82. The van der Waals surface area contributed by atoms with Crippen LogP contribution in [0.3, 0.4) is 0 Å². The van der Waals surface area contributed by atoms with E-state index in [1.54, 1.807) is 0 Å². The van der Waals surface area contributed by atoms with Crippen LogP contribution in [0.1, 0.15) is 0 Å². The van der Waals surface area contributed by atoms with Crippen LogP contribution >= 0.6 is 15.9 Å². The number of hydrogen-bond acceptors (Lipinski definition) is 3. The van der Waals surface area contributed by atoms with Gasteiger partial charge in [-0.05, 0) is 28.1 Å². The Hall–Kier alpha value is -1.56. The summed E-state index contributed by atoms with van der Waals surface area (Å²) >= 11 is 3.15. The first-order valence-electron chi connectivity index (χ1n) is 4.25. The van der Waals surface area contributed by atoms with Gasteiger partial charge in [-0.1, -0.05) is 0 Å². The molecule has 3 nitrogen and oxygen atoms in total. The maximum absolute atomic E-state index is 13.2. The SMILES string of the molecule is Fc1ccc(Oc2ncc(Br)cn2)c(F)c1. The van der Waals surface area contributed by atoms with Gasteiger partial charge in [0.15, 0.2) is 11.6 Å². The standard InChI is InChI=1S/C10H5BrF2N2O/c11-6-4-14-10(15-5-6)16-9-2-1-7(12)3-8(9)13/h1-5H. The molecule has 0 aliphatic rings. The molecule has 1 aromatic heterocycles. The van der Waals surface area contributed by atoms with Gasteiger partial charge < -0.3 is 4.74 Å². The Labute approximate surface area is 98.2 Å². The minimum atomic E-state index is -0.800. The second kappa shape index (κ2) is 4.52. The van der Waals surface area contributed by atoms with E-state index in [9.17, 15) is 8.78 Å². The molecule has 0 saturated heterocycles. The van der Waals surface area contributed by atoms with E-state index in [1.165, 1.54) is 18.5 Å². The molecule has 0 aliphatic heterocycles. The van der Waals surface area contributed by atoms with Gasteiger partial charge in [-0.15, -0.1) is 0 Å². The highest BCUT2D eigenvalue weighted by molar-refractivity contribution is 9.10. The van der Waals surface area contributed by atoms with Gasteiger partial charge in [-0.2, -0.15) is 0 Å². The molecule has 6 heteroatoms. The van der Waals surface area contributed by atoms with E-state index in [0.717, 1.165) is 12.1 Å². The summed E-state index contributed by atoms with van der Waals surface area (Å²) in [4.78, 5) is 7.59. The average Bonchev–Trinajstić information content (AvgIpc) is 2.25. The number of nitrogens with zero attached hydrogens (tertiary/aromatic N) is 2. The van der Waals surface area contributed by atoms with Crippen molar-refractivity contribution in [2.75, 3.05) is 0 Å². The number of benzene rings is 1. The third-order valence-corrected chi connectivity index (χ3v) is 2.10. The molecule has 16 heavy (non-hydrogen) atoms. The summed E-state index contributed by atoms with van der Waals surface area (Å²) in [5, 5.41) is 0. The smallest absolute Gasteiger partial charge is 0.322 e. The fourth-order valence-corrected chi connectivity index (χ4v) is 1.21. The molecule has 0 unspecified atom stereocenters. The van der Waals surface area contributed by atoms with Crippen molar-refractivity contribution in [3.05, 3.63) is 46.7 Å². The monoisotopic (exact) mass is 286 g/mol. The van der Waals surface area contributed by atoms with Gasteiger partial charge in [0.2, 0.25) is 0 Å². The minimum Gasteiger partial charge on any atom is -0.421 e. The van der Waals surface area contributed by atoms with E-state index in [-0.39, 0.29) is 11.8 Å². The van der Waals surface area contributed by atoms with Crippen LogP contribution in [0.15, 0.2) is 35.1 Å². The molecule has 82 valence electrons. The third kappa shape index (κ3) is 2.52. The molecule has 0 N–H and O–H groups in total. The quantitative estimate of drug-likeness (QED) is 0.850. The van der Waals surface area contributed by atoms with Crippen LogP contribution < -0.4 is 4.74 Å². The molecule has 0 fully saturated rings. The Morgan fingerprint density at radius 1 is 1.12 bits per heavy atom. The van der Waals surface area contributed by atoms with Crippen LogP contribution in [0.4, 0.5) is 8.78 Å². The van der Waals surface area contributed by atoms with Crippen LogP contribution in [-0.2, 0) is 0 Å². The topological polar surface area (TPSA) is 35.0 Å². The van der Waals surface area contributed by atoms with Gasteiger partial charge in [0.05, 0.1) is 4.47 Å². The summed E-state index contributed by atoms with van der Waals surface area (Å²) in [7, 11) is 0. The van der Waals surface area contributed by atoms with Crippen molar-refractivity contribution in [3.8, 4) is 11.8 Å². The Balaban J connectivity index is 2.23.